The average molecular weight is 432 g/mol. The fraction of sp³-hybridized carbons (Fsp3) is 0.435. The van der Waals surface area contributed by atoms with Gasteiger partial charge in [-0.15, -0.1) is 0 Å². The van der Waals surface area contributed by atoms with Crippen LogP contribution in [-0.2, 0) is 35.5 Å². The van der Waals surface area contributed by atoms with Crippen LogP contribution in [0.5, 0.6) is 0 Å². The first-order valence-corrected chi connectivity index (χ1v) is 11.0. The lowest BCUT2D eigenvalue weighted by atomic mass is 9.95. The number of hydrogen-bond acceptors (Lipinski definition) is 6. The summed E-state index contributed by atoms with van der Waals surface area (Å²) in [6.45, 7) is 1.17. The Morgan fingerprint density at radius 1 is 1.31 bits per heavy atom. The summed E-state index contributed by atoms with van der Waals surface area (Å²) in [6, 6.07) is 3.90. The number of nitrogens with zero attached hydrogens (tertiary/aromatic N) is 5. The normalized spacial score (nSPS) is 17.8. The Bertz CT molecular complexity index is 1280. The number of fused-ring (bicyclic) bond motifs is 2. The Balaban J connectivity index is 1.46. The highest BCUT2D eigenvalue weighted by Crippen LogP contribution is 2.34. The van der Waals surface area contributed by atoms with E-state index in [-0.39, 0.29) is 24.1 Å². The number of hydrogen-bond donors (Lipinski definition) is 1. The highest BCUT2D eigenvalue weighted by Gasteiger charge is 2.28. The molecule has 32 heavy (non-hydrogen) atoms. The molecule has 5 rings (SSSR count). The van der Waals surface area contributed by atoms with Gasteiger partial charge in [-0.3, -0.25) is 19.1 Å². The number of carbonyl (C=O) groups excluding carboxylic acids is 1. The minimum Gasteiger partial charge on any atom is -0.376 e. The zero-order chi connectivity index (χ0) is 22.1. The van der Waals surface area contributed by atoms with Gasteiger partial charge in [-0.2, -0.15) is 5.26 Å². The first kappa shape index (κ1) is 20.4. The molecule has 3 aromatic rings. The van der Waals surface area contributed by atoms with Gasteiger partial charge in [-0.1, -0.05) is 0 Å². The van der Waals surface area contributed by atoms with E-state index in [4.69, 9.17) is 4.74 Å². The van der Waals surface area contributed by atoms with Crippen molar-refractivity contribution in [3.05, 3.63) is 52.0 Å². The molecule has 0 bridgehead atoms. The Morgan fingerprint density at radius 3 is 3.00 bits per heavy atom. The van der Waals surface area contributed by atoms with Gasteiger partial charge in [0.1, 0.15) is 18.4 Å². The molecule has 1 aliphatic carbocycles. The molecule has 1 fully saturated rings. The lowest BCUT2D eigenvalue weighted by Gasteiger charge is -2.20. The Labute approximate surface area is 184 Å². The van der Waals surface area contributed by atoms with Crippen molar-refractivity contribution in [2.24, 2.45) is 0 Å². The van der Waals surface area contributed by atoms with Gasteiger partial charge in [0.2, 0.25) is 5.91 Å². The Kier molecular flexibility index (Phi) is 5.45. The molecule has 2 aliphatic rings. The fourth-order valence-corrected chi connectivity index (χ4v) is 4.76. The van der Waals surface area contributed by atoms with Crippen LogP contribution < -0.4 is 10.9 Å². The second-order valence-electron chi connectivity index (χ2n) is 8.33. The first-order chi connectivity index (χ1) is 15.7. The number of amides is 1. The molecule has 0 radical (unpaired) electrons. The van der Waals surface area contributed by atoms with E-state index >= 15 is 0 Å². The number of rotatable bonds is 5. The van der Waals surface area contributed by atoms with Crippen LogP contribution in [-0.4, -0.2) is 37.7 Å². The van der Waals surface area contributed by atoms with Crippen LogP contribution in [0.25, 0.3) is 10.9 Å². The van der Waals surface area contributed by atoms with Crippen LogP contribution >= 0.6 is 0 Å². The van der Waals surface area contributed by atoms with E-state index in [1.165, 1.54) is 23.3 Å². The smallest absolute Gasteiger partial charge is 0.261 e. The zero-order valence-corrected chi connectivity index (χ0v) is 17.7. The summed E-state index contributed by atoms with van der Waals surface area (Å²) in [4.78, 5) is 33.9. The Morgan fingerprint density at radius 2 is 2.19 bits per heavy atom. The van der Waals surface area contributed by atoms with Gasteiger partial charge in [0.05, 0.1) is 41.6 Å². The molecule has 0 aromatic carbocycles. The van der Waals surface area contributed by atoms with E-state index in [1.807, 2.05) is 0 Å². The number of nitrogens with one attached hydrogen (secondary N) is 1. The Hall–Kier alpha value is -3.51. The summed E-state index contributed by atoms with van der Waals surface area (Å²) in [6.07, 6.45) is 10.3. The van der Waals surface area contributed by atoms with Gasteiger partial charge in [0.25, 0.3) is 5.56 Å². The molecule has 0 spiro atoms. The second-order valence-corrected chi connectivity index (χ2v) is 8.33. The fourth-order valence-electron chi connectivity index (χ4n) is 4.76. The quantitative estimate of drug-likeness (QED) is 0.661. The van der Waals surface area contributed by atoms with Crippen LogP contribution in [0.2, 0.25) is 0 Å². The van der Waals surface area contributed by atoms with Crippen molar-refractivity contribution < 1.29 is 9.53 Å². The standard InChI is InChI=1S/C23H24N6O3/c24-10-18-16-5-1-2-6-20(16)29(12-15-4-3-9-32-15)22(18)27-21(30)13-28-14-26-19-11-25-8-7-17(19)23(28)31/h7-8,11,14-15H,1-6,9,12-13H2,(H,27,30)/t15-/m1/s1. The number of ether oxygens (including phenoxy) is 1. The van der Waals surface area contributed by atoms with Crippen LogP contribution in [0.1, 0.15) is 42.5 Å². The average Bonchev–Trinajstić information content (AvgIpc) is 3.43. The topological polar surface area (TPSA) is 115 Å². The molecule has 1 amide bonds. The zero-order valence-electron chi connectivity index (χ0n) is 17.7. The molecule has 3 aromatic heterocycles. The lowest BCUT2D eigenvalue weighted by molar-refractivity contribution is -0.116. The van der Waals surface area contributed by atoms with Crippen molar-refractivity contribution in [3.63, 3.8) is 0 Å². The number of nitriles is 1. The highest BCUT2D eigenvalue weighted by atomic mass is 16.5. The van der Waals surface area contributed by atoms with Crippen molar-refractivity contribution in [1.82, 2.24) is 19.1 Å². The predicted molar refractivity (Wildman–Crippen MR) is 117 cm³/mol. The maximum atomic E-state index is 13.0. The van der Waals surface area contributed by atoms with Crippen molar-refractivity contribution in [2.45, 2.75) is 57.7 Å². The number of anilines is 1. The number of carbonyl (C=O) groups is 1. The second kappa shape index (κ2) is 8.55. The van der Waals surface area contributed by atoms with E-state index in [9.17, 15) is 14.9 Å². The minimum atomic E-state index is -0.373. The summed E-state index contributed by atoms with van der Waals surface area (Å²) in [5.74, 6) is 0.146. The van der Waals surface area contributed by atoms with E-state index in [2.05, 4.69) is 25.9 Å². The molecule has 164 valence electrons. The molecular weight excluding hydrogens is 408 g/mol. The molecule has 1 saturated heterocycles. The van der Waals surface area contributed by atoms with Crippen molar-refractivity contribution in [1.29, 1.82) is 5.26 Å². The number of pyridine rings is 1. The van der Waals surface area contributed by atoms with Crippen LogP contribution in [0.3, 0.4) is 0 Å². The SMILES string of the molecule is N#Cc1c2c(n(C[C@H]3CCCO3)c1NC(=O)Cn1cnc3cnccc3c1=O)CCCC2. The van der Waals surface area contributed by atoms with Gasteiger partial charge in [-0.25, -0.2) is 4.98 Å². The third-order valence-corrected chi connectivity index (χ3v) is 6.29. The first-order valence-electron chi connectivity index (χ1n) is 11.0. The van der Waals surface area contributed by atoms with Gasteiger partial charge in [0.15, 0.2) is 0 Å². The molecule has 1 aliphatic heterocycles. The highest BCUT2D eigenvalue weighted by molar-refractivity contribution is 5.92. The molecule has 1 N–H and O–H groups in total. The van der Waals surface area contributed by atoms with Gasteiger partial charge in [-0.05, 0) is 50.2 Å². The molecule has 9 heteroatoms. The largest absolute Gasteiger partial charge is 0.376 e. The summed E-state index contributed by atoms with van der Waals surface area (Å²) in [5.41, 5.74) is 2.86. The monoisotopic (exact) mass is 432 g/mol. The molecule has 0 saturated carbocycles. The van der Waals surface area contributed by atoms with Gasteiger partial charge in [0, 0.05) is 18.5 Å². The molecule has 1 atom stereocenters. The van der Waals surface area contributed by atoms with Crippen molar-refractivity contribution >= 4 is 22.6 Å². The lowest BCUT2D eigenvalue weighted by Crippen LogP contribution is -2.29. The summed E-state index contributed by atoms with van der Waals surface area (Å²) in [5, 5.41) is 13.2. The predicted octanol–water partition coefficient (Wildman–Crippen LogP) is 2.16. The summed E-state index contributed by atoms with van der Waals surface area (Å²) < 4.78 is 9.17. The van der Waals surface area contributed by atoms with Crippen molar-refractivity contribution in [2.75, 3.05) is 11.9 Å². The minimum absolute atomic E-state index is 0.0801. The van der Waals surface area contributed by atoms with E-state index in [0.717, 1.165) is 56.4 Å². The summed E-state index contributed by atoms with van der Waals surface area (Å²) >= 11 is 0. The molecule has 9 nitrogen and oxygen atoms in total. The van der Waals surface area contributed by atoms with E-state index in [0.29, 0.717) is 28.8 Å². The van der Waals surface area contributed by atoms with Crippen LogP contribution in [0, 0.1) is 11.3 Å². The van der Waals surface area contributed by atoms with Crippen LogP contribution in [0.4, 0.5) is 5.82 Å². The van der Waals surface area contributed by atoms with Gasteiger partial charge >= 0.3 is 0 Å². The molecular formula is C23H24N6O3. The number of aromatic nitrogens is 4. The van der Waals surface area contributed by atoms with E-state index < -0.39 is 0 Å². The molecule has 0 unspecified atom stereocenters. The van der Waals surface area contributed by atoms with Crippen molar-refractivity contribution in [3.8, 4) is 6.07 Å². The van der Waals surface area contributed by atoms with Crippen LogP contribution in [0.15, 0.2) is 29.6 Å². The third kappa shape index (κ3) is 3.67. The maximum absolute atomic E-state index is 13.0. The summed E-state index contributed by atoms with van der Waals surface area (Å²) in [7, 11) is 0. The third-order valence-electron chi connectivity index (χ3n) is 6.29. The maximum Gasteiger partial charge on any atom is 0.261 e. The van der Waals surface area contributed by atoms with Gasteiger partial charge < -0.3 is 14.6 Å². The van der Waals surface area contributed by atoms with E-state index in [1.54, 1.807) is 6.07 Å². The molecule has 4 heterocycles.